The third-order valence-electron chi connectivity index (χ3n) is 6.11. The topological polar surface area (TPSA) is 32.3 Å². The smallest absolute Gasteiger partial charge is 0.223 e. The maximum absolute atomic E-state index is 12.4. The molecule has 3 nitrogen and oxygen atoms in total. The van der Waals surface area contributed by atoms with Crippen molar-refractivity contribution in [1.29, 1.82) is 0 Å². The van der Waals surface area contributed by atoms with Crippen LogP contribution in [0.2, 0.25) is 5.02 Å². The van der Waals surface area contributed by atoms with Crippen LogP contribution in [0.5, 0.6) is 0 Å². The number of amides is 1. The van der Waals surface area contributed by atoms with Gasteiger partial charge in [-0.25, -0.2) is 0 Å². The molecule has 2 aliphatic rings. The van der Waals surface area contributed by atoms with E-state index in [0.717, 1.165) is 55.5 Å². The average Bonchev–Trinajstić information content (AvgIpc) is 3.54. The fraction of sp³-hybridized carbons (Fsp3) is 0.458. The van der Waals surface area contributed by atoms with Crippen LogP contribution in [0.4, 0.5) is 0 Å². The Bertz CT molecular complexity index is 838. The molecule has 1 saturated carbocycles. The Hall–Kier alpha value is -1.84. The number of piperidine rings is 1. The molecule has 0 atom stereocenters. The van der Waals surface area contributed by atoms with Crippen LogP contribution in [0.25, 0.3) is 11.1 Å². The Balaban J connectivity index is 1.37. The van der Waals surface area contributed by atoms with Crippen molar-refractivity contribution in [3.05, 3.63) is 58.6 Å². The Morgan fingerprint density at radius 1 is 1.11 bits per heavy atom. The molecule has 2 aromatic rings. The van der Waals surface area contributed by atoms with E-state index < -0.39 is 0 Å². The molecule has 0 aromatic heterocycles. The fourth-order valence-corrected chi connectivity index (χ4v) is 4.19. The predicted octanol–water partition coefficient (Wildman–Crippen LogP) is 5.05. The van der Waals surface area contributed by atoms with E-state index in [2.05, 4.69) is 52.7 Å². The third kappa shape index (κ3) is 4.76. The lowest BCUT2D eigenvalue weighted by atomic mass is 9.94. The van der Waals surface area contributed by atoms with E-state index in [1.54, 1.807) is 0 Å². The first-order chi connectivity index (χ1) is 13.6. The summed E-state index contributed by atoms with van der Waals surface area (Å²) in [6, 6.07) is 14.9. The van der Waals surface area contributed by atoms with Crippen molar-refractivity contribution in [2.24, 2.45) is 11.8 Å². The van der Waals surface area contributed by atoms with Gasteiger partial charge in [-0.05, 0) is 79.9 Å². The van der Waals surface area contributed by atoms with Gasteiger partial charge in [0, 0.05) is 24.0 Å². The van der Waals surface area contributed by atoms with Crippen molar-refractivity contribution in [3.8, 4) is 11.1 Å². The maximum atomic E-state index is 12.4. The van der Waals surface area contributed by atoms with Gasteiger partial charge < -0.3 is 5.32 Å². The summed E-state index contributed by atoms with van der Waals surface area (Å²) < 4.78 is 0. The lowest BCUT2D eigenvalue weighted by molar-refractivity contribution is -0.126. The van der Waals surface area contributed by atoms with E-state index in [9.17, 15) is 4.79 Å². The quantitative estimate of drug-likeness (QED) is 0.740. The van der Waals surface area contributed by atoms with Crippen LogP contribution in [-0.2, 0) is 11.3 Å². The van der Waals surface area contributed by atoms with Crippen molar-refractivity contribution < 1.29 is 4.79 Å². The molecule has 0 radical (unpaired) electrons. The summed E-state index contributed by atoms with van der Waals surface area (Å²) in [5, 5.41) is 3.96. The highest BCUT2D eigenvalue weighted by atomic mass is 35.5. The van der Waals surface area contributed by atoms with Gasteiger partial charge in [0.25, 0.3) is 0 Å². The standard InChI is InChI=1S/C24H29ClN2O/c1-17-6-9-20(14-23(17)25)22-5-3-2-4-21(22)16-27-12-10-19(11-13-27)24(28)26-15-18-7-8-18/h2-6,9,14,18-19H,7-8,10-13,15-16H2,1H3,(H,26,28). The highest BCUT2D eigenvalue weighted by Crippen LogP contribution is 2.30. The lowest BCUT2D eigenvalue weighted by Gasteiger charge is -2.31. The molecule has 2 aromatic carbocycles. The second kappa shape index (κ2) is 8.67. The summed E-state index contributed by atoms with van der Waals surface area (Å²) in [5.41, 5.74) is 4.83. The summed E-state index contributed by atoms with van der Waals surface area (Å²) in [7, 11) is 0. The number of halogens is 1. The monoisotopic (exact) mass is 396 g/mol. The summed E-state index contributed by atoms with van der Waals surface area (Å²) in [6.07, 6.45) is 4.47. The van der Waals surface area contributed by atoms with Gasteiger partial charge in [0.05, 0.1) is 0 Å². The first kappa shape index (κ1) is 19.5. The minimum atomic E-state index is 0.182. The van der Waals surface area contributed by atoms with Crippen molar-refractivity contribution in [3.63, 3.8) is 0 Å². The predicted molar refractivity (Wildman–Crippen MR) is 115 cm³/mol. The van der Waals surface area contributed by atoms with Crippen molar-refractivity contribution in [1.82, 2.24) is 10.2 Å². The molecule has 1 aliphatic heterocycles. The zero-order valence-corrected chi connectivity index (χ0v) is 17.3. The Morgan fingerprint density at radius 2 is 1.86 bits per heavy atom. The van der Waals surface area contributed by atoms with Gasteiger partial charge >= 0.3 is 0 Å². The number of hydrogen-bond acceptors (Lipinski definition) is 2. The van der Waals surface area contributed by atoms with Crippen LogP contribution in [0.15, 0.2) is 42.5 Å². The van der Waals surface area contributed by atoms with E-state index in [1.807, 2.05) is 6.92 Å². The first-order valence-electron chi connectivity index (χ1n) is 10.4. The number of nitrogens with zero attached hydrogens (tertiary/aromatic N) is 1. The van der Waals surface area contributed by atoms with Crippen LogP contribution in [0.1, 0.15) is 36.8 Å². The summed E-state index contributed by atoms with van der Waals surface area (Å²) >= 11 is 6.35. The number of rotatable bonds is 6. The van der Waals surface area contributed by atoms with Gasteiger partial charge in [0.1, 0.15) is 0 Å². The minimum absolute atomic E-state index is 0.182. The van der Waals surface area contributed by atoms with Crippen LogP contribution in [0, 0.1) is 18.8 Å². The van der Waals surface area contributed by atoms with E-state index in [-0.39, 0.29) is 11.8 Å². The highest BCUT2D eigenvalue weighted by Gasteiger charge is 2.27. The van der Waals surface area contributed by atoms with Gasteiger partial charge in [-0.1, -0.05) is 48.0 Å². The molecule has 1 saturated heterocycles. The molecule has 1 N–H and O–H groups in total. The van der Waals surface area contributed by atoms with Gasteiger partial charge in [0.2, 0.25) is 5.91 Å². The molecular formula is C24H29ClN2O. The molecule has 1 heterocycles. The summed E-state index contributed by atoms with van der Waals surface area (Å²) in [4.78, 5) is 14.8. The second-order valence-corrected chi connectivity index (χ2v) is 8.77. The normalized spacial score (nSPS) is 18.2. The number of aryl methyl sites for hydroxylation is 1. The van der Waals surface area contributed by atoms with Crippen LogP contribution in [-0.4, -0.2) is 30.4 Å². The SMILES string of the molecule is Cc1ccc(-c2ccccc2CN2CCC(C(=O)NCC3CC3)CC2)cc1Cl. The number of benzene rings is 2. The summed E-state index contributed by atoms with van der Waals surface area (Å²) in [6.45, 7) is 5.78. The third-order valence-corrected chi connectivity index (χ3v) is 6.52. The van der Waals surface area contributed by atoms with E-state index >= 15 is 0 Å². The molecule has 4 heteroatoms. The molecule has 1 aliphatic carbocycles. The molecule has 0 bridgehead atoms. The van der Waals surface area contributed by atoms with E-state index in [1.165, 1.54) is 29.5 Å². The molecule has 148 valence electrons. The average molecular weight is 397 g/mol. The van der Waals surface area contributed by atoms with Crippen molar-refractivity contribution in [2.75, 3.05) is 19.6 Å². The van der Waals surface area contributed by atoms with Gasteiger partial charge in [-0.2, -0.15) is 0 Å². The molecule has 0 unspecified atom stereocenters. The zero-order valence-electron chi connectivity index (χ0n) is 16.6. The molecule has 28 heavy (non-hydrogen) atoms. The number of nitrogens with one attached hydrogen (secondary N) is 1. The summed E-state index contributed by atoms with van der Waals surface area (Å²) in [5.74, 6) is 1.19. The van der Waals surface area contributed by atoms with Gasteiger partial charge in [0.15, 0.2) is 0 Å². The Kier molecular flexibility index (Phi) is 6.03. The Morgan fingerprint density at radius 3 is 2.57 bits per heavy atom. The van der Waals surface area contributed by atoms with Crippen LogP contribution < -0.4 is 5.32 Å². The number of carbonyl (C=O) groups is 1. The fourth-order valence-electron chi connectivity index (χ4n) is 4.01. The van der Waals surface area contributed by atoms with Gasteiger partial charge in [-0.15, -0.1) is 0 Å². The van der Waals surface area contributed by atoms with Crippen molar-refractivity contribution in [2.45, 2.75) is 39.2 Å². The highest BCUT2D eigenvalue weighted by molar-refractivity contribution is 6.31. The van der Waals surface area contributed by atoms with Crippen LogP contribution >= 0.6 is 11.6 Å². The molecule has 2 fully saturated rings. The van der Waals surface area contributed by atoms with E-state index in [0.29, 0.717) is 0 Å². The lowest BCUT2D eigenvalue weighted by Crippen LogP contribution is -2.40. The maximum Gasteiger partial charge on any atom is 0.223 e. The first-order valence-corrected chi connectivity index (χ1v) is 10.8. The Labute approximate surface area is 173 Å². The van der Waals surface area contributed by atoms with E-state index in [4.69, 9.17) is 11.6 Å². The minimum Gasteiger partial charge on any atom is -0.356 e. The second-order valence-electron chi connectivity index (χ2n) is 8.36. The number of likely N-dealkylation sites (tertiary alicyclic amines) is 1. The van der Waals surface area contributed by atoms with Crippen molar-refractivity contribution >= 4 is 17.5 Å². The molecule has 0 spiro atoms. The zero-order chi connectivity index (χ0) is 19.5. The molecular weight excluding hydrogens is 368 g/mol. The van der Waals surface area contributed by atoms with Gasteiger partial charge in [-0.3, -0.25) is 9.69 Å². The largest absolute Gasteiger partial charge is 0.356 e. The number of carbonyl (C=O) groups excluding carboxylic acids is 1. The number of hydrogen-bond donors (Lipinski definition) is 1. The molecule has 1 amide bonds. The van der Waals surface area contributed by atoms with Crippen LogP contribution in [0.3, 0.4) is 0 Å². The molecule has 4 rings (SSSR count).